The zero-order valence-electron chi connectivity index (χ0n) is 29.9. The molecule has 0 aliphatic heterocycles. The second-order valence-corrected chi connectivity index (χ2v) is 13.3. The smallest absolute Gasteiger partial charge is 0.330 e. The number of ether oxygens (including phenoxy) is 6. The summed E-state index contributed by atoms with van der Waals surface area (Å²) in [5.74, 6) is -1.21. The van der Waals surface area contributed by atoms with Gasteiger partial charge >= 0.3 is 17.9 Å². The number of nitrogens with zero attached hydrogens (tertiary/aromatic N) is 3. The SMILES string of the molecule is C=CC(=O)OCCOCC[N+](C)(C)C.C=CC(=O)OCCOCC[N+](C)(C)C.C=CC(=O)OCCOCC[N+](C)(C)C.O=P([O-])([O-])[O-]. The van der Waals surface area contributed by atoms with Crippen LogP contribution in [0.4, 0.5) is 0 Å². The highest BCUT2D eigenvalue weighted by molar-refractivity contribution is 7.40. The molecular formula is C30H60N3O13P. The fourth-order valence-corrected chi connectivity index (χ4v) is 2.10. The Balaban J connectivity index is -0.000000275. The molecule has 0 fully saturated rings. The molecule has 0 atom stereocenters. The Bertz CT molecular complexity index is 798. The van der Waals surface area contributed by atoms with Gasteiger partial charge in [0.05, 0.1) is 103 Å². The lowest BCUT2D eigenvalue weighted by Gasteiger charge is -2.36. The highest BCUT2D eigenvalue weighted by Gasteiger charge is 2.07. The Morgan fingerprint density at radius 1 is 0.489 bits per heavy atom. The van der Waals surface area contributed by atoms with E-state index in [0.29, 0.717) is 59.5 Å². The van der Waals surface area contributed by atoms with Crippen molar-refractivity contribution in [3.05, 3.63) is 38.0 Å². The first-order valence-corrected chi connectivity index (χ1v) is 16.1. The summed E-state index contributed by atoms with van der Waals surface area (Å²) < 4.78 is 41.2. The highest BCUT2D eigenvalue weighted by atomic mass is 31.2. The lowest BCUT2D eigenvalue weighted by molar-refractivity contribution is -0.870. The van der Waals surface area contributed by atoms with Crippen molar-refractivity contribution in [2.75, 3.05) is 143 Å². The van der Waals surface area contributed by atoms with Gasteiger partial charge in [-0.25, -0.2) is 14.4 Å². The monoisotopic (exact) mass is 701 g/mol. The molecule has 0 unspecified atom stereocenters. The molecule has 0 aliphatic rings. The third-order valence-corrected chi connectivity index (χ3v) is 4.64. The molecule has 17 heteroatoms. The van der Waals surface area contributed by atoms with Crippen molar-refractivity contribution in [3.63, 3.8) is 0 Å². The summed E-state index contributed by atoms with van der Waals surface area (Å²) in [4.78, 5) is 57.5. The van der Waals surface area contributed by atoms with Crippen molar-refractivity contribution >= 4 is 25.7 Å². The molecule has 278 valence electrons. The fourth-order valence-electron chi connectivity index (χ4n) is 2.10. The van der Waals surface area contributed by atoms with E-state index < -0.39 is 25.7 Å². The van der Waals surface area contributed by atoms with Gasteiger partial charge in [0.15, 0.2) is 0 Å². The van der Waals surface area contributed by atoms with Gasteiger partial charge in [-0.15, -0.1) is 0 Å². The van der Waals surface area contributed by atoms with Gasteiger partial charge in [0.1, 0.15) is 39.5 Å². The molecule has 0 N–H and O–H groups in total. The Hall–Kier alpha value is -2.50. The van der Waals surface area contributed by atoms with Crippen LogP contribution in [0.2, 0.25) is 0 Å². The van der Waals surface area contributed by atoms with Crippen LogP contribution in [0.5, 0.6) is 0 Å². The topological polar surface area (TPSA) is 193 Å². The molecule has 0 spiro atoms. The second-order valence-electron chi connectivity index (χ2n) is 12.4. The van der Waals surface area contributed by atoms with E-state index in [4.69, 9.17) is 47.7 Å². The molecule has 0 aromatic carbocycles. The van der Waals surface area contributed by atoms with Crippen LogP contribution in [0.1, 0.15) is 0 Å². The summed E-state index contributed by atoms with van der Waals surface area (Å²) in [6, 6.07) is 0. The van der Waals surface area contributed by atoms with Crippen LogP contribution < -0.4 is 14.7 Å². The van der Waals surface area contributed by atoms with Gasteiger partial charge in [0.2, 0.25) is 0 Å². The van der Waals surface area contributed by atoms with E-state index in [-0.39, 0.29) is 0 Å². The fraction of sp³-hybridized carbons (Fsp3) is 0.700. The summed E-state index contributed by atoms with van der Waals surface area (Å²) in [7, 11) is 13.5. The molecule has 0 radical (unpaired) electrons. The maximum Gasteiger partial charge on any atom is 0.330 e. The van der Waals surface area contributed by atoms with Gasteiger partial charge in [-0.3, -0.25) is 0 Å². The predicted octanol–water partition coefficient (Wildman–Crippen LogP) is -1.51. The van der Waals surface area contributed by atoms with Gasteiger partial charge < -0.3 is 61.1 Å². The van der Waals surface area contributed by atoms with Crippen LogP contribution in [-0.2, 0) is 47.4 Å². The van der Waals surface area contributed by atoms with Crippen molar-refractivity contribution in [2.24, 2.45) is 0 Å². The Morgan fingerprint density at radius 3 is 0.830 bits per heavy atom. The van der Waals surface area contributed by atoms with E-state index >= 15 is 0 Å². The van der Waals surface area contributed by atoms with Crippen molar-refractivity contribution < 1.29 is 75.5 Å². The third kappa shape index (κ3) is 66.8. The normalized spacial score (nSPS) is 11.1. The molecule has 0 bridgehead atoms. The number of phosphoric acid groups is 1. The first kappa shape index (κ1) is 51.3. The van der Waals surface area contributed by atoms with Crippen molar-refractivity contribution in [2.45, 2.75) is 0 Å². The van der Waals surface area contributed by atoms with E-state index in [1.807, 2.05) is 0 Å². The number of esters is 3. The van der Waals surface area contributed by atoms with Crippen molar-refractivity contribution in [3.8, 4) is 0 Å². The lowest BCUT2D eigenvalue weighted by atomic mass is 10.5. The van der Waals surface area contributed by atoms with Crippen molar-refractivity contribution in [1.82, 2.24) is 0 Å². The molecule has 0 aliphatic carbocycles. The average molecular weight is 702 g/mol. The van der Waals surface area contributed by atoms with Crippen LogP contribution in [0.25, 0.3) is 0 Å². The second kappa shape index (κ2) is 29.6. The predicted molar refractivity (Wildman–Crippen MR) is 172 cm³/mol. The van der Waals surface area contributed by atoms with E-state index in [1.165, 1.54) is 0 Å². The van der Waals surface area contributed by atoms with E-state index in [1.54, 1.807) is 0 Å². The summed E-state index contributed by atoms with van der Waals surface area (Å²) >= 11 is 0. The largest absolute Gasteiger partial charge is 0.822 e. The number of hydrogen-bond acceptors (Lipinski definition) is 13. The quantitative estimate of drug-likeness (QED) is 0.0335. The Labute approximate surface area is 281 Å². The molecule has 0 saturated carbocycles. The lowest BCUT2D eigenvalue weighted by Crippen LogP contribution is -2.37. The minimum absolute atomic E-state index is 0.294. The van der Waals surface area contributed by atoms with Crippen LogP contribution in [0, 0.1) is 0 Å². The number of hydrogen-bond donors (Lipinski definition) is 0. The molecule has 0 aromatic heterocycles. The van der Waals surface area contributed by atoms with Crippen LogP contribution in [-0.4, -0.2) is 174 Å². The minimum atomic E-state index is -5.39. The molecule has 0 saturated heterocycles. The van der Waals surface area contributed by atoms with E-state index in [0.717, 1.165) is 51.3 Å². The van der Waals surface area contributed by atoms with Gasteiger partial charge in [-0.2, -0.15) is 7.82 Å². The highest BCUT2D eigenvalue weighted by Crippen LogP contribution is 2.03. The van der Waals surface area contributed by atoms with Gasteiger partial charge in [-0.05, 0) is 0 Å². The molecule has 0 aromatic rings. The summed E-state index contributed by atoms with van der Waals surface area (Å²) in [5.41, 5.74) is 0. The first-order chi connectivity index (χ1) is 21.4. The summed E-state index contributed by atoms with van der Waals surface area (Å²) in [6.07, 6.45) is 3.43. The molecule has 0 amide bonds. The number of carbonyl (C=O) groups excluding carboxylic acids is 3. The molecule has 16 nitrogen and oxygen atoms in total. The van der Waals surface area contributed by atoms with Gasteiger partial charge in [0.25, 0.3) is 0 Å². The minimum Gasteiger partial charge on any atom is -0.822 e. The van der Waals surface area contributed by atoms with Gasteiger partial charge in [-0.1, -0.05) is 19.7 Å². The zero-order valence-corrected chi connectivity index (χ0v) is 30.8. The zero-order chi connectivity index (χ0) is 37.6. The average Bonchev–Trinajstić information content (AvgIpc) is 2.92. The number of likely N-dealkylation sites (N-methyl/N-ethyl adjacent to an activating group) is 3. The maximum absolute atomic E-state index is 10.6. The summed E-state index contributed by atoms with van der Waals surface area (Å²) in [5, 5.41) is 0. The van der Waals surface area contributed by atoms with Crippen LogP contribution >= 0.6 is 7.82 Å². The molecule has 0 heterocycles. The van der Waals surface area contributed by atoms with Crippen molar-refractivity contribution in [1.29, 1.82) is 0 Å². The van der Waals surface area contributed by atoms with Gasteiger partial charge in [0, 0.05) is 18.2 Å². The number of carbonyl (C=O) groups is 3. The van der Waals surface area contributed by atoms with E-state index in [2.05, 4.69) is 83.2 Å². The standard InChI is InChI=1S/3C10H20NO3.H3O4P/c3*1-5-10(12)14-9-8-13-7-6-11(2,3)4;1-5(2,3)4/h3*5H,1,6-9H2,2-4H3;(H3,1,2,3,4)/q3*+1;/p-3. The molecule has 0 rings (SSSR count). The summed E-state index contributed by atoms with van der Waals surface area (Å²) in [6.45, 7) is 16.9. The maximum atomic E-state index is 10.6. The number of quaternary nitrogens is 3. The number of rotatable bonds is 21. The Morgan fingerprint density at radius 2 is 0.681 bits per heavy atom. The van der Waals surface area contributed by atoms with Crippen LogP contribution in [0.15, 0.2) is 38.0 Å². The van der Waals surface area contributed by atoms with E-state index in [9.17, 15) is 14.4 Å². The molecular weight excluding hydrogens is 641 g/mol. The molecule has 47 heavy (non-hydrogen) atoms. The third-order valence-electron chi connectivity index (χ3n) is 4.64. The Kier molecular flexibility index (Phi) is 32.4. The van der Waals surface area contributed by atoms with Crippen LogP contribution in [0.3, 0.4) is 0 Å². The first-order valence-electron chi connectivity index (χ1n) is 14.6.